The van der Waals surface area contributed by atoms with Gasteiger partial charge in [-0.05, 0) is 44.8 Å². The molecular weight excluding hydrogens is 324 g/mol. The van der Waals surface area contributed by atoms with Gasteiger partial charge in [0.2, 0.25) is 0 Å². The molecule has 3 rings (SSSR count). The van der Waals surface area contributed by atoms with Crippen LogP contribution in [0.3, 0.4) is 0 Å². The number of amides is 2. The summed E-state index contributed by atoms with van der Waals surface area (Å²) in [6.07, 6.45) is 4.39. The van der Waals surface area contributed by atoms with Crippen LogP contribution in [-0.2, 0) is 6.54 Å². The highest BCUT2D eigenvalue weighted by Gasteiger charge is 2.28. The third-order valence-electron chi connectivity index (χ3n) is 5.79. The molecule has 2 aliphatic rings. The number of carbonyl (C=O) groups is 1. The number of hydrogen-bond acceptors (Lipinski definition) is 3. The third-order valence-corrected chi connectivity index (χ3v) is 5.79. The van der Waals surface area contributed by atoms with Gasteiger partial charge in [-0.2, -0.15) is 0 Å². The summed E-state index contributed by atoms with van der Waals surface area (Å²) < 4.78 is 0. The predicted molar refractivity (Wildman–Crippen MR) is 106 cm³/mol. The van der Waals surface area contributed by atoms with Crippen LogP contribution < -0.4 is 5.32 Å². The van der Waals surface area contributed by atoms with Gasteiger partial charge in [0.15, 0.2) is 0 Å². The highest BCUT2D eigenvalue weighted by atomic mass is 16.2. The number of urea groups is 1. The first-order valence-electron chi connectivity index (χ1n) is 10.2. The minimum Gasteiger partial charge on any atom is -0.334 e. The van der Waals surface area contributed by atoms with E-state index >= 15 is 0 Å². The van der Waals surface area contributed by atoms with Crippen LogP contribution >= 0.6 is 0 Å². The fraction of sp³-hybridized carbons (Fsp3) is 0.667. The van der Waals surface area contributed by atoms with Gasteiger partial charge < -0.3 is 15.1 Å². The number of rotatable bonds is 6. The Morgan fingerprint density at radius 3 is 2.58 bits per heavy atom. The zero-order chi connectivity index (χ0) is 18.4. The van der Waals surface area contributed by atoms with E-state index in [4.69, 9.17) is 0 Å². The molecule has 2 aliphatic heterocycles. The highest BCUT2D eigenvalue weighted by molar-refractivity contribution is 5.74. The topological polar surface area (TPSA) is 38.8 Å². The van der Waals surface area contributed by atoms with Crippen LogP contribution in [0, 0.1) is 0 Å². The lowest BCUT2D eigenvalue weighted by atomic mass is 10.0. The number of nitrogens with zero attached hydrogens (tertiary/aromatic N) is 3. The van der Waals surface area contributed by atoms with Crippen LogP contribution in [0.15, 0.2) is 30.3 Å². The van der Waals surface area contributed by atoms with Gasteiger partial charge in [0.05, 0.1) is 0 Å². The molecule has 1 aromatic rings. The number of carbonyl (C=O) groups excluding carboxylic acids is 1. The molecule has 2 fully saturated rings. The van der Waals surface area contributed by atoms with E-state index in [-0.39, 0.29) is 6.03 Å². The first kappa shape index (κ1) is 19.2. The molecule has 0 aliphatic carbocycles. The van der Waals surface area contributed by atoms with E-state index in [1.54, 1.807) is 0 Å². The summed E-state index contributed by atoms with van der Waals surface area (Å²) in [7, 11) is 2.20. The Bertz CT molecular complexity index is 556. The molecule has 5 heteroatoms. The zero-order valence-corrected chi connectivity index (χ0v) is 16.4. The first-order valence-corrected chi connectivity index (χ1v) is 10.2. The molecule has 0 aromatic heterocycles. The molecule has 5 nitrogen and oxygen atoms in total. The summed E-state index contributed by atoms with van der Waals surface area (Å²) in [5, 5.41) is 3.25. The van der Waals surface area contributed by atoms with Crippen molar-refractivity contribution in [2.24, 2.45) is 0 Å². The maximum atomic E-state index is 12.6. The monoisotopic (exact) mass is 358 g/mol. The number of benzene rings is 1. The van der Waals surface area contributed by atoms with Crippen molar-refractivity contribution in [1.82, 2.24) is 20.0 Å². The summed E-state index contributed by atoms with van der Waals surface area (Å²) >= 11 is 0. The standard InChI is InChI=1S/C21H34N4O/c1-3-12-24-13-9-19(17-24)22-21(26)25-14-10-20(11-15-25)23(2)16-18-7-5-4-6-8-18/h4-8,19-20H,3,9-17H2,1-2H3,(H,22,26)/t19-/m0/s1. The highest BCUT2D eigenvalue weighted by Crippen LogP contribution is 2.18. The SMILES string of the molecule is CCCN1CC[C@H](NC(=O)N2CCC(N(C)Cc3ccccc3)CC2)C1. The molecule has 0 bridgehead atoms. The Morgan fingerprint density at radius 1 is 1.15 bits per heavy atom. The van der Waals surface area contributed by atoms with Gasteiger partial charge in [0.1, 0.15) is 0 Å². The lowest BCUT2D eigenvalue weighted by Gasteiger charge is -2.37. The Hall–Kier alpha value is -1.59. The van der Waals surface area contributed by atoms with Crippen molar-refractivity contribution in [1.29, 1.82) is 0 Å². The van der Waals surface area contributed by atoms with E-state index in [9.17, 15) is 4.79 Å². The summed E-state index contributed by atoms with van der Waals surface area (Å²) in [6, 6.07) is 11.6. The summed E-state index contributed by atoms with van der Waals surface area (Å²) in [6.45, 7) is 8.19. The fourth-order valence-corrected chi connectivity index (χ4v) is 4.25. The van der Waals surface area contributed by atoms with Gasteiger partial charge >= 0.3 is 6.03 Å². The van der Waals surface area contributed by atoms with Crippen molar-refractivity contribution in [2.45, 2.75) is 51.2 Å². The summed E-state index contributed by atoms with van der Waals surface area (Å²) in [4.78, 5) is 19.5. The van der Waals surface area contributed by atoms with Gasteiger partial charge in [0.25, 0.3) is 0 Å². The van der Waals surface area contributed by atoms with Crippen molar-refractivity contribution in [3.8, 4) is 0 Å². The third kappa shape index (κ3) is 5.21. The van der Waals surface area contributed by atoms with E-state index in [2.05, 4.69) is 59.4 Å². The van der Waals surface area contributed by atoms with Crippen LogP contribution in [0.2, 0.25) is 0 Å². The second-order valence-corrected chi connectivity index (χ2v) is 7.85. The fourth-order valence-electron chi connectivity index (χ4n) is 4.25. The van der Waals surface area contributed by atoms with Gasteiger partial charge in [-0.1, -0.05) is 37.3 Å². The average Bonchev–Trinajstić information content (AvgIpc) is 3.10. The molecule has 0 radical (unpaired) electrons. The van der Waals surface area contributed by atoms with E-state index < -0.39 is 0 Å². The minimum atomic E-state index is 0.137. The Morgan fingerprint density at radius 2 is 1.88 bits per heavy atom. The van der Waals surface area contributed by atoms with Crippen molar-refractivity contribution >= 4 is 6.03 Å². The number of likely N-dealkylation sites (tertiary alicyclic amines) is 2. The number of nitrogens with one attached hydrogen (secondary N) is 1. The second-order valence-electron chi connectivity index (χ2n) is 7.85. The Balaban J connectivity index is 1.40. The Kier molecular flexibility index (Phi) is 6.92. The molecule has 0 saturated carbocycles. The molecule has 1 atom stereocenters. The Labute approximate surface area is 158 Å². The number of piperidine rings is 1. The minimum absolute atomic E-state index is 0.137. The largest absolute Gasteiger partial charge is 0.334 e. The van der Waals surface area contributed by atoms with E-state index in [1.807, 2.05) is 4.90 Å². The molecule has 2 saturated heterocycles. The molecule has 0 unspecified atom stereocenters. The van der Waals surface area contributed by atoms with Gasteiger partial charge in [-0.25, -0.2) is 4.79 Å². The predicted octanol–water partition coefficient (Wildman–Crippen LogP) is 2.78. The van der Waals surface area contributed by atoms with E-state index in [0.717, 1.165) is 58.5 Å². The molecule has 144 valence electrons. The molecule has 2 amide bonds. The zero-order valence-electron chi connectivity index (χ0n) is 16.4. The maximum Gasteiger partial charge on any atom is 0.317 e. The van der Waals surface area contributed by atoms with Crippen LogP contribution in [-0.4, -0.2) is 72.6 Å². The van der Waals surface area contributed by atoms with Crippen LogP contribution in [0.5, 0.6) is 0 Å². The molecule has 1 N–H and O–H groups in total. The quantitative estimate of drug-likeness (QED) is 0.850. The molecule has 1 aromatic carbocycles. The maximum absolute atomic E-state index is 12.6. The van der Waals surface area contributed by atoms with E-state index in [0.29, 0.717) is 12.1 Å². The molecule has 0 spiro atoms. The first-order chi connectivity index (χ1) is 12.7. The van der Waals surface area contributed by atoms with E-state index in [1.165, 1.54) is 12.0 Å². The lowest BCUT2D eigenvalue weighted by molar-refractivity contribution is 0.129. The summed E-state index contributed by atoms with van der Waals surface area (Å²) in [5.74, 6) is 0. The smallest absolute Gasteiger partial charge is 0.317 e. The molecule has 2 heterocycles. The average molecular weight is 359 g/mol. The van der Waals surface area contributed by atoms with Gasteiger partial charge in [0, 0.05) is 44.8 Å². The number of hydrogen-bond donors (Lipinski definition) is 1. The van der Waals surface area contributed by atoms with Crippen LogP contribution in [0.4, 0.5) is 4.79 Å². The van der Waals surface area contributed by atoms with Crippen molar-refractivity contribution in [2.75, 3.05) is 39.8 Å². The van der Waals surface area contributed by atoms with Crippen molar-refractivity contribution in [3.63, 3.8) is 0 Å². The molecular formula is C21H34N4O. The normalized spacial score (nSPS) is 22.1. The molecule has 26 heavy (non-hydrogen) atoms. The van der Waals surface area contributed by atoms with Crippen LogP contribution in [0.1, 0.15) is 38.2 Å². The van der Waals surface area contributed by atoms with Crippen molar-refractivity contribution < 1.29 is 4.79 Å². The second kappa shape index (κ2) is 9.38. The lowest BCUT2D eigenvalue weighted by Crippen LogP contribution is -2.51. The van der Waals surface area contributed by atoms with Crippen LogP contribution in [0.25, 0.3) is 0 Å². The van der Waals surface area contributed by atoms with Crippen molar-refractivity contribution in [3.05, 3.63) is 35.9 Å². The van der Waals surface area contributed by atoms with Gasteiger partial charge in [-0.15, -0.1) is 0 Å². The summed E-state index contributed by atoms with van der Waals surface area (Å²) in [5.41, 5.74) is 1.35. The van der Waals surface area contributed by atoms with Gasteiger partial charge in [-0.3, -0.25) is 4.90 Å².